The fourth-order valence-electron chi connectivity index (χ4n) is 5.94. The molecule has 0 aliphatic rings. The zero-order chi connectivity index (χ0) is 38.2. The molecule has 0 bridgehead atoms. The number of fused-ring (bicyclic) bond motifs is 10. The van der Waals surface area contributed by atoms with Crippen LogP contribution in [0, 0.1) is 0 Å². The maximum absolute atomic E-state index is 9.29. The van der Waals surface area contributed by atoms with Crippen molar-refractivity contribution in [2.75, 3.05) is 0 Å². The van der Waals surface area contributed by atoms with Gasteiger partial charge in [-0.1, -0.05) is 103 Å². The molecule has 10 aromatic rings. The van der Waals surface area contributed by atoms with Crippen LogP contribution in [0.2, 0.25) is 0 Å². The van der Waals surface area contributed by atoms with Crippen LogP contribution in [-0.2, 0) is 0 Å². The topological polar surface area (TPSA) is 56.7 Å². The summed E-state index contributed by atoms with van der Waals surface area (Å²) < 4.78 is 97.6. The van der Waals surface area contributed by atoms with E-state index in [1.807, 2.05) is 60.7 Å². The molecule has 0 saturated carbocycles. The number of para-hydroxylation sites is 2. The Morgan fingerprint density at radius 3 is 2.22 bits per heavy atom. The van der Waals surface area contributed by atoms with Crippen molar-refractivity contribution in [1.29, 1.82) is 0 Å². The van der Waals surface area contributed by atoms with E-state index < -0.39 is 60.4 Å². The number of rotatable bonds is 3. The van der Waals surface area contributed by atoms with Gasteiger partial charge >= 0.3 is 0 Å². The van der Waals surface area contributed by atoms with Crippen LogP contribution in [0.5, 0.6) is 0 Å². The van der Waals surface area contributed by atoms with E-state index in [-0.39, 0.29) is 61.3 Å². The van der Waals surface area contributed by atoms with Crippen molar-refractivity contribution in [1.82, 2.24) is 19.5 Å². The molecule has 6 heteroatoms. The van der Waals surface area contributed by atoms with Crippen LogP contribution in [-0.4, -0.2) is 19.5 Å². The highest BCUT2D eigenvalue weighted by atomic mass is 32.1. The largest absolute Gasteiger partial charge is 0.454 e. The Bertz CT molecular complexity index is 3340. The third-order valence-electron chi connectivity index (χ3n) is 7.96. The molecule has 6 aromatic carbocycles. The monoisotopic (exact) mass is 604 g/mol. The molecule has 0 N–H and O–H groups in total. The number of nitrogens with zero attached hydrogens (tertiary/aromatic N) is 4. The van der Waals surface area contributed by atoms with E-state index in [1.165, 1.54) is 4.57 Å². The zero-order valence-electron chi connectivity index (χ0n) is 33.0. The van der Waals surface area contributed by atoms with Gasteiger partial charge in [-0.3, -0.25) is 4.57 Å². The Labute approximate surface area is 274 Å². The van der Waals surface area contributed by atoms with Gasteiger partial charge in [-0.15, -0.1) is 11.3 Å². The van der Waals surface area contributed by atoms with E-state index in [1.54, 1.807) is 11.3 Å². The summed E-state index contributed by atoms with van der Waals surface area (Å²) in [5.74, 6) is 0.419. The first kappa shape index (κ1) is 16.9. The van der Waals surface area contributed by atoms with Gasteiger partial charge in [0.05, 0.1) is 19.2 Å². The molecule has 0 unspecified atom stereocenters. The first-order valence-electron chi connectivity index (χ1n) is 19.1. The maximum atomic E-state index is 9.29. The van der Waals surface area contributed by atoms with E-state index in [2.05, 4.69) is 12.1 Å². The third-order valence-corrected chi connectivity index (χ3v) is 9.09. The molecule has 0 atom stereocenters. The van der Waals surface area contributed by atoms with Crippen molar-refractivity contribution in [3.05, 3.63) is 133 Å². The number of hydrogen-bond acceptors (Lipinski definition) is 5. The van der Waals surface area contributed by atoms with Gasteiger partial charge in [0.2, 0.25) is 5.95 Å². The lowest BCUT2D eigenvalue weighted by molar-refractivity contribution is 0.670. The Balaban J connectivity index is 1.40. The standard InChI is InChI=1S/C39H22N4OS/c1-2-10-23(11-3-1)37-40-38(24-18-19-28-27-14-6-9-17-33(27)45-34(28)22-24)42-39(41-37)43-31-15-7-4-12-25(31)29-20-21-30-26-13-5-8-16-32(26)44-36(30)35(29)43/h1-22H/i4D,5D,7D,8D,12D,13D,15D,16D,20D,21D. The second kappa shape index (κ2) is 9.32. The molecule has 4 heterocycles. The Morgan fingerprint density at radius 1 is 0.578 bits per heavy atom. The summed E-state index contributed by atoms with van der Waals surface area (Å²) >= 11 is 1.62. The summed E-state index contributed by atoms with van der Waals surface area (Å²) in [4.78, 5) is 14.7. The molecule has 45 heavy (non-hydrogen) atoms. The maximum Gasteiger partial charge on any atom is 0.238 e. The first-order valence-corrected chi connectivity index (χ1v) is 14.9. The second-order valence-electron chi connectivity index (χ2n) is 10.5. The summed E-state index contributed by atoms with van der Waals surface area (Å²) in [6, 6.07) is 18.2. The van der Waals surface area contributed by atoms with Crippen molar-refractivity contribution in [2.45, 2.75) is 0 Å². The van der Waals surface area contributed by atoms with Gasteiger partial charge < -0.3 is 4.42 Å². The van der Waals surface area contributed by atoms with Crippen molar-refractivity contribution in [3.8, 4) is 28.7 Å². The van der Waals surface area contributed by atoms with Crippen LogP contribution in [0.25, 0.3) is 92.6 Å². The van der Waals surface area contributed by atoms with Crippen molar-refractivity contribution >= 4 is 75.3 Å². The predicted octanol–water partition coefficient (Wildman–Crippen LogP) is 10.6. The number of thiophene rings is 1. The zero-order valence-corrected chi connectivity index (χ0v) is 23.9. The van der Waals surface area contributed by atoms with Crippen molar-refractivity contribution < 1.29 is 18.1 Å². The molecule has 4 aromatic heterocycles. The number of aromatic nitrogens is 4. The van der Waals surface area contributed by atoms with Crippen molar-refractivity contribution in [3.63, 3.8) is 0 Å². The SMILES string of the molecule is [2H]c1c([2H])c([2H])c2c(oc3c2c([2H])c([2H])c2c4c([2H])c([2H])c([2H])c([2H])c4n(-c4nc(-c5ccccc5)nc(-c5ccc6c(c5)sc5ccccc56)n4)c32)c1[2H]. The normalized spacial score (nSPS) is 15.1. The van der Waals surface area contributed by atoms with Gasteiger partial charge in [0.1, 0.15) is 11.1 Å². The Hall–Kier alpha value is -5.85. The molecule has 0 aliphatic heterocycles. The summed E-state index contributed by atoms with van der Waals surface area (Å²) in [5.41, 5.74) is 0.830. The van der Waals surface area contributed by atoms with Crippen LogP contribution < -0.4 is 0 Å². The second-order valence-corrected chi connectivity index (χ2v) is 11.6. The fourth-order valence-corrected chi connectivity index (χ4v) is 7.09. The molecule has 0 aliphatic carbocycles. The summed E-state index contributed by atoms with van der Waals surface area (Å²) in [6.45, 7) is 0. The van der Waals surface area contributed by atoms with Crippen LogP contribution >= 0.6 is 11.3 Å². The van der Waals surface area contributed by atoms with E-state index in [0.29, 0.717) is 11.1 Å². The van der Waals surface area contributed by atoms with E-state index in [0.717, 1.165) is 20.2 Å². The number of furan rings is 1. The lowest BCUT2D eigenvalue weighted by Crippen LogP contribution is -2.06. The summed E-state index contributed by atoms with van der Waals surface area (Å²) in [7, 11) is 0. The van der Waals surface area contributed by atoms with Crippen LogP contribution in [0.15, 0.2) is 138 Å². The molecular formula is C39H22N4OS. The van der Waals surface area contributed by atoms with Crippen LogP contribution in [0.1, 0.15) is 13.7 Å². The van der Waals surface area contributed by atoms with Gasteiger partial charge in [-0.25, -0.2) is 4.98 Å². The quantitative estimate of drug-likeness (QED) is 0.201. The van der Waals surface area contributed by atoms with Gasteiger partial charge in [0, 0.05) is 52.8 Å². The smallest absolute Gasteiger partial charge is 0.238 e. The Morgan fingerprint density at radius 2 is 1.31 bits per heavy atom. The average Bonchev–Trinajstić information content (AvgIpc) is 3.90. The molecule has 0 spiro atoms. The van der Waals surface area contributed by atoms with E-state index >= 15 is 0 Å². The van der Waals surface area contributed by atoms with E-state index in [9.17, 15) is 1.37 Å². The predicted molar refractivity (Wildman–Crippen MR) is 185 cm³/mol. The van der Waals surface area contributed by atoms with Crippen LogP contribution in [0.3, 0.4) is 0 Å². The third kappa shape index (κ3) is 3.63. The molecule has 10 rings (SSSR count). The number of benzene rings is 6. The van der Waals surface area contributed by atoms with Crippen molar-refractivity contribution in [2.24, 2.45) is 0 Å². The summed E-state index contributed by atoms with van der Waals surface area (Å²) in [5, 5.41) is 1.88. The highest BCUT2D eigenvalue weighted by molar-refractivity contribution is 7.25. The Kier molecular flexibility index (Phi) is 3.49. The highest BCUT2D eigenvalue weighted by Crippen LogP contribution is 2.40. The first-order chi connectivity index (χ1) is 26.5. The highest BCUT2D eigenvalue weighted by Gasteiger charge is 2.22. The average molecular weight is 605 g/mol. The molecule has 5 nitrogen and oxygen atoms in total. The minimum Gasteiger partial charge on any atom is -0.454 e. The molecular weight excluding hydrogens is 573 g/mol. The lowest BCUT2D eigenvalue weighted by atomic mass is 10.1. The molecule has 0 amide bonds. The van der Waals surface area contributed by atoms with Gasteiger partial charge in [-0.2, -0.15) is 9.97 Å². The molecule has 0 fully saturated rings. The number of hydrogen-bond donors (Lipinski definition) is 0. The molecule has 210 valence electrons. The van der Waals surface area contributed by atoms with Crippen LogP contribution in [0.4, 0.5) is 0 Å². The minimum absolute atomic E-state index is 0.00202. The van der Waals surface area contributed by atoms with E-state index in [4.69, 9.17) is 31.7 Å². The van der Waals surface area contributed by atoms with Gasteiger partial charge in [0.15, 0.2) is 17.2 Å². The molecule has 0 saturated heterocycles. The summed E-state index contributed by atoms with van der Waals surface area (Å²) in [6.07, 6.45) is 0. The van der Waals surface area contributed by atoms with Gasteiger partial charge in [-0.05, 0) is 30.3 Å². The molecule has 0 radical (unpaired) electrons. The lowest BCUT2D eigenvalue weighted by Gasteiger charge is -2.11. The fraction of sp³-hybridized carbons (Fsp3) is 0. The van der Waals surface area contributed by atoms with Gasteiger partial charge in [0.25, 0.3) is 0 Å². The minimum atomic E-state index is -0.551.